The number of fused-ring (bicyclic) bond motifs is 1. The Kier molecular flexibility index (Phi) is 5.43. The Morgan fingerprint density at radius 3 is 2.52 bits per heavy atom. The van der Waals surface area contributed by atoms with Crippen LogP contribution in [0.5, 0.6) is 5.75 Å². The summed E-state index contributed by atoms with van der Waals surface area (Å²) in [6.07, 6.45) is 1.23. The van der Waals surface area contributed by atoms with Crippen molar-refractivity contribution < 1.29 is 19.1 Å². The zero-order valence-electron chi connectivity index (χ0n) is 14.6. The molecule has 0 aliphatic carbocycles. The maximum Gasteiger partial charge on any atom is 0.329 e. The molecule has 0 unspecified atom stereocenters. The van der Waals surface area contributed by atoms with Gasteiger partial charge in [-0.3, -0.25) is 9.55 Å². The van der Waals surface area contributed by atoms with E-state index in [1.54, 1.807) is 31.4 Å². The third kappa shape index (κ3) is 4.44. The molecule has 0 saturated carbocycles. The molecule has 3 aromatic rings. The van der Waals surface area contributed by atoms with Gasteiger partial charge in [-0.25, -0.2) is 0 Å². The Labute approximate surface area is 156 Å². The van der Waals surface area contributed by atoms with Gasteiger partial charge >= 0.3 is 7.60 Å². The van der Waals surface area contributed by atoms with Crippen LogP contribution in [0.2, 0.25) is 0 Å². The molecule has 138 valence electrons. The number of nitriles is 1. The molecule has 27 heavy (non-hydrogen) atoms. The minimum Gasteiger partial charge on any atom is -0.494 e. The van der Waals surface area contributed by atoms with Gasteiger partial charge < -0.3 is 19.8 Å². The molecule has 0 aliphatic heterocycles. The molecule has 3 rings (SSSR count). The molecule has 2 aromatic carbocycles. The summed E-state index contributed by atoms with van der Waals surface area (Å²) < 4.78 is 16.4. The fourth-order valence-corrected chi connectivity index (χ4v) is 3.51. The molecule has 0 bridgehead atoms. The monoisotopic (exact) mass is 383 g/mol. The van der Waals surface area contributed by atoms with Gasteiger partial charge in [-0.05, 0) is 17.2 Å². The molecule has 1 aromatic heterocycles. The van der Waals surface area contributed by atoms with Crippen LogP contribution in [-0.4, -0.2) is 21.9 Å². The molecular formula is C19H18N3O4P. The average Bonchev–Trinajstić information content (AvgIpc) is 2.65. The first-order valence-corrected chi connectivity index (χ1v) is 9.93. The van der Waals surface area contributed by atoms with Crippen LogP contribution >= 0.6 is 7.60 Å². The third-order valence-electron chi connectivity index (χ3n) is 4.08. The molecule has 1 heterocycles. The van der Waals surface area contributed by atoms with E-state index in [4.69, 9.17) is 14.5 Å². The summed E-state index contributed by atoms with van der Waals surface area (Å²) >= 11 is 0. The standard InChI is InChI=1S/C19H18N3O4P/c1-26-17-4-2-3-16-18(15(9-20)11-22-19(16)17)21-10-13-5-7-14(8-6-13)12-27(23,24)25/h2-8,11H,10,12H2,1H3,(H,21,22)(H2,23,24,25). The molecule has 0 aliphatic rings. The first kappa shape index (κ1) is 18.9. The normalized spacial score (nSPS) is 11.2. The second-order valence-electron chi connectivity index (χ2n) is 6.01. The second-order valence-corrected chi connectivity index (χ2v) is 7.65. The molecule has 0 amide bonds. The number of anilines is 1. The summed E-state index contributed by atoms with van der Waals surface area (Å²) in [6, 6.07) is 14.6. The van der Waals surface area contributed by atoms with E-state index in [1.807, 2.05) is 18.2 Å². The summed E-state index contributed by atoms with van der Waals surface area (Å²) in [5, 5.41) is 13.5. The van der Waals surface area contributed by atoms with Crippen molar-refractivity contribution in [1.29, 1.82) is 5.26 Å². The highest BCUT2D eigenvalue weighted by atomic mass is 31.2. The maximum atomic E-state index is 11.1. The summed E-state index contributed by atoms with van der Waals surface area (Å²) in [7, 11) is -2.51. The van der Waals surface area contributed by atoms with Gasteiger partial charge in [-0.15, -0.1) is 0 Å². The van der Waals surface area contributed by atoms with Crippen LogP contribution in [0.4, 0.5) is 5.69 Å². The van der Waals surface area contributed by atoms with E-state index in [1.165, 1.54) is 6.20 Å². The van der Waals surface area contributed by atoms with E-state index < -0.39 is 7.60 Å². The fraction of sp³-hybridized carbons (Fsp3) is 0.158. The lowest BCUT2D eigenvalue weighted by Crippen LogP contribution is -2.03. The Morgan fingerprint density at radius 1 is 1.19 bits per heavy atom. The summed E-state index contributed by atoms with van der Waals surface area (Å²) in [4.78, 5) is 22.4. The molecule has 0 saturated heterocycles. The van der Waals surface area contributed by atoms with Crippen LogP contribution in [0.3, 0.4) is 0 Å². The summed E-state index contributed by atoms with van der Waals surface area (Å²) in [5.41, 5.74) is 3.25. The van der Waals surface area contributed by atoms with Crippen molar-refractivity contribution >= 4 is 24.2 Å². The predicted molar refractivity (Wildman–Crippen MR) is 103 cm³/mol. The highest BCUT2D eigenvalue weighted by Crippen LogP contribution is 2.39. The van der Waals surface area contributed by atoms with Crippen molar-refractivity contribution in [2.24, 2.45) is 0 Å². The number of hydrogen-bond donors (Lipinski definition) is 3. The number of methoxy groups -OCH3 is 1. The van der Waals surface area contributed by atoms with Gasteiger partial charge in [-0.1, -0.05) is 36.4 Å². The lowest BCUT2D eigenvalue weighted by atomic mass is 10.1. The van der Waals surface area contributed by atoms with Crippen molar-refractivity contribution in [2.75, 3.05) is 12.4 Å². The smallest absolute Gasteiger partial charge is 0.329 e. The molecule has 0 spiro atoms. The fourth-order valence-electron chi connectivity index (χ4n) is 2.83. The lowest BCUT2D eigenvalue weighted by Gasteiger charge is -2.13. The number of rotatable bonds is 6. The quantitative estimate of drug-likeness (QED) is 0.559. The number of aromatic nitrogens is 1. The third-order valence-corrected chi connectivity index (χ3v) is 4.86. The number of hydrogen-bond acceptors (Lipinski definition) is 5. The lowest BCUT2D eigenvalue weighted by molar-refractivity contribution is 0.371. The molecule has 7 nitrogen and oxygen atoms in total. The Morgan fingerprint density at radius 2 is 1.89 bits per heavy atom. The van der Waals surface area contributed by atoms with Gasteiger partial charge in [0.25, 0.3) is 0 Å². The number of benzene rings is 2. The first-order valence-electron chi connectivity index (χ1n) is 8.13. The molecular weight excluding hydrogens is 365 g/mol. The topological polar surface area (TPSA) is 115 Å². The number of nitrogens with zero attached hydrogens (tertiary/aromatic N) is 2. The number of para-hydroxylation sites is 1. The SMILES string of the molecule is COc1cccc2c(NCc3ccc(CP(=O)(O)O)cc3)c(C#N)cnc12. The minimum atomic E-state index is -4.08. The zero-order chi connectivity index (χ0) is 19.4. The van der Waals surface area contributed by atoms with Crippen molar-refractivity contribution in [2.45, 2.75) is 12.7 Å². The Hall–Kier alpha value is -2.91. The molecule has 0 fully saturated rings. The van der Waals surface area contributed by atoms with Crippen LogP contribution in [-0.2, 0) is 17.3 Å². The van der Waals surface area contributed by atoms with Crippen molar-refractivity contribution in [3.05, 3.63) is 65.4 Å². The number of pyridine rings is 1. The first-order chi connectivity index (χ1) is 12.9. The van der Waals surface area contributed by atoms with Crippen LogP contribution in [0.25, 0.3) is 10.9 Å². The number of nitrogens with one attached hydrogen (secondary N) is 1. The van der Waals surface area contributed by atoms with Crippen LogP contribution in [0.15, 0.2) is 48.7 Å². The Balaban J connectivity index is 1.86. The van der Waals surface area contributed by atoms with Crippen molar-refractivity contribution in [3.63, 3.8) is 0 Å². The summed E-state index contributed by atoms with van der Waals surface area (Å²) in [5.74, 6) is 0.627. The van der Waals surface area contributed by atoms with E-state index in [9.17, 15) is 9.83 Å². The average molecular weight is 383 g/mol. The number of ether oxygens (including phenoxy) is 1. The molecule has 8 heteroatoms. The van der Waals surface area contributed by atoms with Gasteiger partial charge in [-0.2, -0.15) is 5.26 Å². The molecule has 0 atom stereocenters. The molecule has 3 N–H and O–H groups in total. The van der Waals surface area contributed by atoms with Crippen LogP contribution in [0.1, 0.15) is 16.7 Å². The van der Waals surface area contributed by atoms with Crippen molar-refractivity contribution in [3.8, 4) is 11.8 Å². The van der Waals surface area contributed by atoms with E-state index in [0.717, 1.165) is 10.9 Å². The van der Waals surface area contributed by atoms with Gasteiger partial charge in [0.15, 0.2) is 0 Å². The van der Waals surface area contributed by atoms with Crippen molar-refractivity contribution in [1.82, 2.24) is 4.98 Å². The van der Waals surface area contributed by atoms with E-state index in [0.29, 0.717) is 34.6 Å². The minimum absolute atomic E-state index is 0.284. The van der Waals surface area contributed by atoms with Gasteiger partial charge in [0, 0.05) is 18.1 Å². The Bertz CT molecular complexity index is 1050. The van der Waals surface area contributed by atoms with Crippen LogP contribution < -0.4 is 10.1 Å². The summed E-state index contributed by atoms with van der Waals surface area (Å²) in [6.45, 7) is 0.446. The van der Waals surface area contributed by atoms with E-state index in [2.05, 4.69) is 16.4 Å². The van der Waals surface area contributed by atoms with E-state index >= 15 is 0 Å². The molecule has 0 radical (unpaired) electrons. The van der Waals surface area contributed by atoms with Gasteiger partial charge in [0.1, 0.15) is 17.3 Å². The predicted octanol–water partition coefficient (Wildman–Crippen LogP) is 3.40. The highest BCUT2D eigenvalue weighted by molar-refractivity contribution is 7.50. The van der Waals surface area contributed by atoms with Gasteiger partial charge in [0.05, 0.1) is 24.5 Å². The second kappa shape index (κ2) is 7.77. The van der Waals surface area contributed by atoms with Crippen LogP contribution in [0, 0.1) is 11.3 Å². The highest BCUT2D eigenvalue weighted by Gasteiger charge is 2.14. The largest absolute Gasteiger partial charge is 0.494 e. The zero-order valence-corrected chi connectivity index (χ0v) is 15.5. The van der Waals surface area contributed by atoms with E-state index in [-0.39, 0.29) is 6.16 Å². The van der Waals surface area contributed by atoms with Gasteiger partial charge in [0.2, 0.25) is 0 Å². The maximum absolute atomic E-state index is 11.1.